The van der Waals surface area contributed by atoms with Crippen LogP contribution in [0.3, 0.4) is 0 Å². The van der Waals surface area contributed by atoms with Crippen molar-refractivity contribution in [3.05, 3.63) is 35.9 Å². The van der Waals surface area contributed by atoms with Gasteiger partial charge in [-0.3, -0.25) is 10.3 Å². The molecule has 2 aromatic rings. The number of aromatic nitrogens is 2. The topological polar surface area (TPSA) is 93.6 Å². The highest BCUT2D eigenvalue weighted by atomic mass is 16.5. The highest BCUT2D eigenvalue weighted by Crippen LogP contribution is 2.25. The van der Waals surface area contributed by atoms with E-state index in [4.69, 9.17) is 18.9 Å². The van der Waals surface area contributed by atoms with Gasteiger partial charge in [-0.2, -0.15) is 15.1 Å². The lowest BCUT2D eigenvalue weighted by Gasteiger charge is -2.28. The first-order chi connectivity index (χ1) is 16.3. The normalized spacial score (nSPS) is 20.2. The lowest BCUT2D eigenvalue weighted by molar-refractivity contribution is 0.0317. The van der Waals surface area contributed by atoms with Gasteiger partial charge in [-0.15, -0.1) is 0 Å². The maximum atomic E-state index is 5.96. The van der Waals surface area contributed by atoms with Gasteiger partial charge in [-0.1, -0.05) is 12.1 Å². The Kier molecular flexibility index (Phi) is 7.14. The molecular formula is C23H30N6O4. The van der Waals surface area contributed by atoms with Crippen LogP contribution in [0.5, 0.6) is 11.8 Å². The third-order valence-electron chi connectivity index (χ3n) is 5.87. The largest absolute Gasteiger partial charge is 0.492 e. The third kappa shape index (κ3) is 5.70. The first kappa shape index (κ1) is 21.9. The van der Waals surface area contributed by atoms with Crippen LogP contribution in [-0.4, -0.2) is 92.9 Å². The van der Waals surface area contributed by atoms with Crippen molar-refractivity contribution in [2.45, 2.75) is 6.42 Å². The van der Waals surface area contributed by atoms with E-state index in [0.717, 1.165) is 75.2 Å². The van der Waals surface area contributed by atoms with Gasteiger partial charge in [-0.05, 0) is 12.1 Å². The van der Waals surface area contributed by atoms with E-state index in [2.05, 4.69) is 30.3 Å². The van der Waals surface area contributed by atoms with Gasteiger partial charge >= 0.3 is 6.01 Å². The molecular weight excluding hydrogens is 424 g/mol. The predicted octanol–water partition coefficient (Wildman–Crippen LogP) is 1.62. The zero-order valence-corrected chi connectivity index (χ0v) is 18.7. The van der Waals surface area contributed by atoms with E-state index in [-0.39, 0.29) is 0 Å². The van der Waals surface area contributed by atoms with E-state index in [9.17, 15) is 0 Å². The summed E-state index contributed by atoms with van der Waals surface area (Å²) in [7, 11) is 0. The second-order valence-electron chi connectivity index (χ2n) is 8.06. The summed E-state index contributed by atoms with van der Waals surface area (Å²) in [6, 6.07) is 10.2. The monoisotopic (exact) mass is 454 g/mol. The number of para-hydroxylation sites is 1. The molecule has 5 rings (SSSR count). The minimum atomic E-state index is 0.349. The molecule has 10 nitrogen and oxygen atoms in total. The van der Waals surface area contributed by atoms with Crippen molar-refractivity contribution in [3.63, 3.8) is 0 Å². The summed E-state index contributed by atoms with van der Waals surface area (Å²) in [5, 5.41) is 4.65. The second kappa shape index (κ2) is 10.8. The molecule has 0 aliphatic carbocycles. The Bertz CT molecular complexity index is 960. The lowest BCUT2D eigenvalue weighted by atomic mass is 10.0. The van der Waals surface area contributed by atoms with Crippen molar-refractivity contribution in [1.82, 2.24) is 14.9 Å². The first-order valence-corrected chi connectivity index (χ1v) is 11.5. The second-order valence-corrected chi connectivity index (χ2v) is 8.06. The molecule has 1 N–H and O–H groups in total. The van der Waals surface area contributed by atoms with Crippen molar-refractivity contribution in [2.75, 3.05) is 82.7 Å². The van der Waals surface area contributed by atoms with E-state index < -0.39 is 0 Å². The average Bonchev–Trinajstić information content (AvgIpc) is 2.88. The number of hydrogen-bond acceptors (Lipinski definition) is 10. The van der Waals surface area contributed by atoms with Crippen molar-refractivity contribution in [2.24, 2.45) is 5.10 Å². The van der Waals surface area contributed by atoms with Crippen LogP contribution in [0.4, 0.5) is 11.6 Å². The average molecular weight is 455 g/mol. The quantitative estimate of drug-likeness (QED) is 0.627. The van der Waals surface area contributed by atoms with Gasteiger partial charge in [0, 0.05) is 50.8 Å². The van der Waals surface area contributed by atoms with Gasteiger partial charge < -0.3 is 23.8 Å². The van der Waals surface area contributed by atoms with Crippen molar-refractivity contribution in [1.29, 1.82) is 0 Å². The molecule has 33 heavy (non-hydrogen) atoms. The fourth-order valence-corrected chi connectivity index (χ4v) is 4.04. The maximum absolute atomic E-state index is 5.96. The molecule has 4 heterocycles. The summed E-state index contributed by atoms with van der Waals surface area (Å²) in [5.74, 6) is 2.27. The molecule has 0 bridgehead atoms. The highest BCUT2D eigenvalue weighted by molar-refractivity contribution is 6.04. The molecule has 1 aromatic carbocycles. The summed E-state index contributed by atoms with van der Waals surface area (Å²) in [6.45, 7) is 8.25. The number of rotatable bonds is 7. The Morgan fingerprint density at radius 2 is 1.76 bits per heavy atom. The fourth-order valence-electron chi connectivity index (χ4n) is 4.04. The lowest BCUT2D eigenvalue weighted by Crippen LogP contribution is -2.39. The van der Waals surface area contributed by atoms with Gasteiger partial charge in [0.05, 0.1) is 38.7 Å². The molecule has 176 valence electrons. The highest BCUT2D eigenvalue weighted by Gasteiger charge is 2.18. The Hall–Kier alpha value is -2.95. The number of nitrogens with one attached hydrogen (secondary N) is 1. The molecule has 1 aromatic heterocycles. The molecule has 0 radical (unpaired) electrons. The molecule has 3 aliphatic rings. The van der Waals surface area contributed by atoms with Crippen LogP contribution in [0.2, 0.25) is 0 Å². The number of fused-ring (bicyclic) bond motifs is 1. The first-order valence-electron chi connectivity index (χ1n) is 11.5. The number of hydrogen-bond donors (Lipinski definition) is 1. The Morgan fingerprint density at radius 1 is 0.970 bits per heavy atom. The van der Waals surface area contributed by atoms with E-state index in [0.29, 0.717) is 38.3 Å². The van der Waals surface area contributed by atoms with Gasteiger partial charge in [0.25, 0.3) is 0 Å². The SMILES string of the molecule is c1ccc2c(c1)OCCC2=NNc1cc(N2CCOCC2)nc(OCCN2CCOCC2)n1. The van der Waals surface area contributed by atoms with Gasteiger partial charge in [0.15, 0.2) is 5.82 Å². The van der Waals surface area contributed by atoms with E-state index in [1.807, 2.05) is 30.3 Å². The molecule has 0 amide bonds. The summed E-state index contributed by atoms with van der Waals surface area (Å²) in [6.07, 6.45) is 0.730. The summed E-state index contributed by atoms with van der Waals surface area (Å²) in [5.41, 5.74) is 5.07. The van der Waals surface area contributed by atoms with Crippen LogP contribution in [0, 0.1) is 0 Å². The third-order valence-corrected chi connectivity index (χ3v) is 5.87. The smallest absolute Gasteiger partial charge is 0.320 e. The molecule has 10 heteroatoms. The van der Waals surface area contributed by atoms with Crippen LogP contribution in [0.25, 0.3) is 0 Å². The standard InChI is InChI=1S/C23H30N6O4/c1-2-4-20-18(3-1)19(5-11-32-20)26-27-21-17-22(29-9-14-31-15-10-29)25-23(24-21)33-16-8-28-6-12-30-13-7-28/h1-4,17H,5-16H2,(H,24,25,27). The number of ether oxygens (including phenoxy) is 4. The molecule has 2 saturated heterocycles. The van der Waals surface area contributed by atoms with Crippen LogP contribution >= 0.6 is 0 Å². The molecule has 0 atom stereocenters. The van der Waals surface area contributed by atoms with Crippen LogP contribution in [0.1, 0.15) is 12.0 Å². The Morgan fingerprint density at radius 3 is 2.61 bits per heavy atom. The number of anilines is 2. The molecule has 2 fully saturated rings. The molecule has 0 saturated carbocycles. The van der Waals surface area contributed by atoms with Crippen molar-refractivity contribution >= 4 is 17.3 Å². The minimum absolute atomic E-state index is 0.349. The minimum Gasteiger partial charge on any atom is -0.492 e. The van der Waals surface area contributed by atoms with E-state index >= 15 is 0 Å². The Labute approximate surface area is 193 Å². The van der Waals surface area contributed by atoms with Crippen LogP contribution in [-0.2, 0) is 9.47 Å². The number of benzene rings is 1. The maximum Gasteiger partial charge on any atom is 0.320 e. The van der Waals surface area contributed by atoms with Crippen molar-refractivity contribution in [3.8, 4) is 11.8 Å². The van der Waals surface area contributed by atoms with Crippen LogP contribution in [0.15, 0.2) is 35.4 Å². The van der Waals surface area contributed by atoms with Gasteiger partial charge in [-0.25, -0.2) is 0 Å². The summed E-state index contributed by atoms with van der Waals surface area (Å²) < 4.78 is 22.6. The molecule has 3 aliphatic heterocycles. The van der Waals surface area contributed by atoms with Gasteiger partial charge in [0.2, 0.25) is 0 Å². The summed E-state index contributed by atoms with van der Waals surface area (Å²) in [4.78, 5) is 13.7. The summed E-state index contributed by atoms with van der Waals surface area (Å²) >= 11 is 0. The Balaban J connectivity index is 1.31. The predicted molar refractivity (Wildman–Crippen MR) is 125 cm³/mol. The fraction of sp³-hybridized carbons (Fsp3) is 0.522. The van der Waals surface area contributed by atoms with E-state index in [1.165, 1.54) is 0 Å². The number of nitrogens with zero attached hydrogens (tertiary/aromatic N) is 5. The zero-order chi connectivity index (χ0) is 22.3. The van der Waals surface area contributed by atoms with Crippen molar-refractivity contribution < 1.29 is 18.9 Å². The van der Waals surface area contributed by atoms with E-state index in [1.54, 1.807) is 0 Å². The zero-order valence-electron chi connectivity index (χ0n) is 18.7. The molecule has 0 unspecified atom stereocenters. The molecule has 0 spiro atoms. The number of morpholine rings is 2. The van der Waals surface area contributed by atoms with Gasteiger partial charge in [0.1, 0.15) is 18.2 Å². The van der Waals surface area contributed by atoms with Crippen LogP contribution < -0.4 is 19.8 Å². The number of hydrazone groups is 1.